The molecular weight excluding hydrogens is 390 g/mol. The van der Waals surface area contributed by atoms with E-state index in [-0.39, 0.29) is 23.4 Å². The minimum Gasteiger partial charge on any atom is -0.468 e. The number of methoxy groups -OCH3 is 3. The third-order valence-corrected chi connectivity index (χ3v) is 4.59. The standard InChI is InChI=1S/C21H19N3O6/c1-28-18(25)13-7-9-23-15(10-13)17-12-21(19(26)29-2,20(27)30-3)11-16(24-17)14-6-4-5-8-22-14/h4-10,12H,11H2,1-3H3. The summed E-state index contributed by atoms with van der Waals surface area (Å²) in [6.07, 6.45) is 4.22. The number of pyridine rings is 2. The SMILES string of the molecule is COC(=O)c1ccnc(C2=CC(C(=O)OC)(C(=O)OC)CC(c3ccccn3)=N2)c1. The van der Waals surface area contributed by atoms with E-state index in [0.29, 0.717) is 11.4 Å². The first-order valence-corrected chi connectivity index (χ1v) is 8.88. The lowest BCUT2D eigenvalue weighted by Crippen LogP contribution is -2.43. The first-order chi connectivity index (χ1) is 14.4. The Balaban J connectivity index is 2.22. The summed E-state index contributed by atoms with van der Waals surface area (Å²) >= 11 is 0. The van der Waals surface area contributed by atoms with E-state index >= 15 is 0 Å². The smallest absolute Gasteiger partial charge is 0.337 e. The van der Waals surface area contributed by atoms with Crippen molar-refractivity contribution in [1.82, 2.24) is 9.97 Å². The van der Waals surface area contributed by atoms with Crippen LogP contribution in [0.2, 0.25) is 0 Å². The molecule has 30 heavy (non-hydrogen) atoms. The summed E-state index contributed by atoms with van der Waals surface area (Å²) in [5.74, 6) is -2.17. The molecule has 2 aromatic heterocycles. The summed E-state index contributed by atoms with van der Waals surface area (Å²) in [5, 5.41) is 0. The molecule has 3 rings (SSSR count). The van der Waals surface area contributed by atoms with Crippen molar-refractivity contribution in [3.8, 4) is 0 Å². The van der Waals surface area contributed by atoms with Crippen LogP contribution in [-0.2, 0) is 23.8 Å². The maximum absolute atomic E-state index is 12.7. The van der Waals surface area contributed by atoms with E-state index in [0.717, 1.165) is 0 Å². The number of nitrogens with zero attached hydrogens (tertiary/aromatic N) is 3. The normalized spacial score (nSPS) is 14.8. The summed E-state index contributed by atoms with van der Waals surface area (Å²) in [6.45, 7) is 0. The Kier molecular flexibility index (Phi) is 6.01. The van der Waals surface area contributed by atoms with Crippen LogP contribution in [0.4, 0.5) is 0 Å². The number of aromatic nitrogens is 2. The lowest BCUT2D eigenvalue weighted by atomic mass is 9.78. The van der Waals surface area contributed by atoms with Crippen molar-refractivity contribution in [2.75, 3.05) is 21.3 Å². The zero-order valence-electron chi connectivity index (χ0n) is 16.6. The van der Waals surface area contributed by atoms with Crippen molar-refractivity contribution in [2.45, 2.75) is 6.42 Å². The number of rotatable bonds is 5. The molecule has 0 spiro atoms. The molecule has 2 aromatic rings. The van der Waals surface area contributed by atoms with E-state index in [9.17, 15) is 14.4 Å². The number of aliphatic imine (C=N–C) groups is 1. The van der Waals surface area contributed by atoms with Crippen LogP contribution in [0.3, 0.4) is 0 Å². The van der Waals surface area contributed by atoms with Crippen molar-refractivity contribution in [3.63, 3.8) is 0 Å². The Bertz CT molecular complexity index is 1030. The molecule has 0 saturated carbocycles. The van der Waals surface area contributed by atoms with Crippen LogP contribution in [0, 0.1) is 5.41 Å². The van der Waals surface area contributed by atoms with Crippen molar-refractivity contribution in [2.24, 2.45) is 10.4 Å². The van der Waals surface area contributed by atoms with Gasteiger partial charge >= 0.3 is 17.9 Å². The Morgan fingerprint density at radius 2 is 1.60 bits per heavy atom. The monoisotopic (exact) mass is 409 g/mol. The van der Waals surface area contributed by atoms with Crippen molar-refractivity contribution >= 4 is 29.3 Å². The Morgan fingerprint density at radius 3 is 2.20 bits per heavy atom. The minimum atomic E-state index is -1.78. The van der Waals surface area contributed by atoms with Gasteiger partial charge in [0.2, 0.25) is 0 Å². The third-order valence-electron chi connectivity index (χ3n) is 4.59. The molecular formula is C21H19N3O6. The van der Waals surface area contributed by atoms with Gasteiger partial charge in [-0.3, -0.25) is 19.6 Å². The molecule has 3 heterocycles. The van der Waals surface area contributed by atoms with Crippen LogP contribution in [0.25, 0.3) is 5.70 Å². The molecule has 1 aliphatic rings. The lowest BCUT2D eigenvalue weighted by Gasteiger charge is -2.29. The molecule has 0 aliphatic carbocycles. The molecule has 0 amide bonds. The number of esters is 3. The van der Waals surface area contributed by atoms with Gasteiger partial charge in [-0.1, -0.05) is 6.07 Å². The Morgan fingerprint density at radius 1 is 0.900 bits per heavy atom. The highest BCUT2D eigenvalue weighted by Gasteiger charge is 2.50. The first-order valence-electron chi connectivity index (χ1n) is 8.88. The Labute approximate surface area is 172 Å². The second-order valence-electron chi connectivity index (χ2n) is 6.36. The fourth-order valence-corrected chi connectivity index (χ4v) is 3.10. The fourth-order valence-electron chi connectivity index (χ4n) is 3.10. The average Bonchev–Trinajstić information content (AvgIpc) is 2.82. The van der Waals surface area contributed by atoms with E-state index in [1.54, 1.807) is 24.4 Å². The molecule has 0 radical (unpaired) electrons. The van der Waals surface area contributed by atoms with Gasteiger partial charge < -0.3 is 14.2 Å². The predicted octanol–water partition coefficient (Wildman–Crippen LogP) is 1.83. The van der Waals surface area contributed by atoms with E-state index in [2.05, 4.69) is 15.0 Å². The maximum atomic E-state index is 12.7. The van der Waals surface area contributed by atoms with Crippen molar-refractivity contribution in [3.05, 3.63) is 65.8 Å². The first kappa shape index (κ1) is 20.8. The van der Waals surface area contributed by atoms with Crippen molar-refractivity contribution in [1.29, 1.82) is 0 Å². The summed E-state index contributed by atoms with van der Waals surface area (Å²) in [5.41, 5.74) is -0.230. The minimum absolute atomic E-state index is 0.108. The number of hydrogen-bond donors (Lipinski definition) is 0. The van der Waals surface area contributed by atoms with Crippen molar-refractivity contribution < 1.29 is 28.6 Å². The molecule has 1 aliphatic heterocycles. The number of hydrogen-bond acceptors (Lipinski definition) is 9. The molecule has 0 saturated heterocycles. The van der Waals surface area contributed by atoms with Crippen LogP contribution in [0.15, 0.2) is 53.8 Å². The molecule has 0 N–H and O–H groups in total. The van der Waals surface area contributed by atoms with E-state index in [1.807, 2.05) is 0 Å². The molecule has 0 aromatic carbocycles. The highest BCUT2D eigenvalue weighted by Crippen LogP contribution is 2.37. The zero-order valence-corrected chi connectivity index (χ0v) is 16.6. The van der Waals surface area contributed by atoms with Crippen LogP contribution in [0.1, 0.15) is 28.2 Å². The molecule has 9 heteroatoms. The molecule has 154 valence electrons. The predicted molar refractivity (Wildman–Crippen MR) is 105 cm³/mol. The Hall–Kier alpha value is -3.88. The molecule has 0 atom stereocenters. The maximum Gasteiger partial charge on any atom is 0.337 e. The van der Waals surface area contributed by atoms with E-state index < -0.39 is 23.3 Å². The van der Waals surface area contributed by atoms with Crippen LogP contribution >= 0.6 is 0 Å². The van der Waals surface area contributed by atoms with Crippen LogP contribution in [0.5, 0.6) is 0 Å². The number of carbonyl (C=O) groups is 3. The van der Waals surface area contributed by atoms with Gasteiger partial charge in [0.1, 0.15) is 0 Å². The fraction of sp³-hybridized carbons (Fsp3) is 0.238. The van der Waals surface area contributed by atoms with Gasteiger partial charge in [0.05, 0.1) is 49.7 Å². The van der Waals surface area contributed by atoms with Crippen LogP contribution in [-0.4, -0.2) is 54.9 Å². The third kappa shape index (κ3) is 3.82. The average molecular weight is 409 g/mol. The molecule has 9 nitrogen and oxygen atoms in total. The molecule has 0 unspecified atom stereocenters. The van der Waals surface area contributed by atoms with Gasteiger partial charge in [0.25, 0.3) is 0 Å². The lowest BCUT2D eigenvalue weighted by molar-refractivity contribution is -0.164. The van der Waals surface area contributed by atoms with Gasteiger partial charge in [0.15, 0.2) is 5.41 Å². The zero-order chi connectivity index (χ0) is 21.7. The highest BCUT2D eigenvalue weighted by molar-refractivity contribution is 6.14. The molecule has 0 fully saturated rings. The largest absolute Gasteiger partial charge is 0.468 e. The number of carbonyl (C=O) groups excluding carboxylic acids is 3. The quantitative estimate of drug-likeness (QED) is 0.417. The number of ether oxygens (including phenoxy) is 3. The summed E-state index contributed by atoms with van der Waals surface area (Å²) in [4.78, 5) is 50.4. The van der Waals surface area contributed by atoms with Crippen LogP contribution < -0.4 is 0 Å². The van der Waals surface area contributed by atoms with Gasteiger partial charge in [-0.15, -0.1) is 0 Å². The van der Waals surface area contributed by atoms with Gasteiger partial charge in [-0.25, -0.2) is 9.79 Å². The van der Waals surface area contributed by atoms with Gasteiger partial charge in [0, 0.05) is 18.8 Å². The second-order valence-corrected chi connectivity index (χ2v) is 6.36. The second kappa shape index (κ2) is 8.64. The summed E-state index contributed by atoms with van der Waals surface area (Å²) in [6, 6.07) is 8.15. The molecule has 0 bridgehead atoms. The highest BCUT2D eigenvalue weighted by atomic mass is 16.5. The van der Waals surface area contributed by atoms with E-state index in [1.165, 1.54) is 45.7 Å². The topological polar surface area (TPSA) is 117 Å². The van der Waals surface area contributed by atoms with Gasteiger partial charge in [-0.05, 0) is 30.3 Å². The summed E-state index contributed by atoms with van der Waals surface area (Å²) < 4.78 is 14.6. The van der Waals surface area contributed by atoms with E-state index in [4.69, 9.17) is 14.2 Å². The van der Waals surface area contributed by atoms with Gasteiger partial charge in [-0.2, -0.15) is 0 Å². The summed E-state index contributed by atoms with van der Waals surface area (Å²) in [7, 11) is 3.63.